The third-order valence-corrected chi connectivity index (χ3v) is 2.13. The number of isocyanates is 1. The van der Waals surface area contributed by atoms with Gasteiger partial charge in [0, 0.05) is 18.1 Å². The summed E-state index contributed by atoms with van der Waals surface area (Å²) in [4.78, 5) is 13.3. The summed E-state index contributed by atoms with van der Waals surface area (Å²) in [7, 11) is 1.38. The van der Waals surface area contributed by atoms with Gasteiger partial charge in [-0.3, -0.25) is 0 Å². The van der Waals surface area contributed by atoms with Gasteiger partial charge in [0.05, 0.1) is 13.7 Å². The van der Waals surface area contributed by atoms with Crippen molar-refractivity contribution in [2.75, 3.05) is 7.11 Å². The molecule has 0 heterocycles. The van der Waals surface area contributed by atoms with Crippen molar-refractivity contribution >= 4 is 6.08 Å². The highest BCUT2D eigenvalue weighted by Gasteiger charge is 2.28. The van der Waals surface area contributed by atoms with Crippen molar-refractivity contribution in [3.05, 3.63) is 29.3 Å². The predicted octanol–water partition coefficient (Wildman–Crippen LogP) is 2.64. The molecular formula is C11H11F2NO2. The zero-order valence-electron chi connectivity index (χ0n) is 8.96. The number of benzene rings is 1. The Bertz CT molecular complexity index is 420. The first-order chi connectivity index (χ1) is 7.50. The Morgan fingerprint density at radius 2 is 2.19 bits per heavy atom. The number of halogens is 2. The summed E-state index contributed by atoms with van der Waals surface area (Å²) in [6, 6.07) is 4.31. The van der Waals surface area contributed by atoms with Gasteiger partial charge in [-0.05, 0) is 6.07 Å². The molecule has 0 spiro atoms. The highest BCUT2D eigenvalue weighted by Crippen LogP contribution is 2.34. The van der Waals surface area contributed by atoms with Gasteiger partial charge >= 0.3 is 0 Å². The van der Waals surface area contributed by atoms with Crippen LogP contribution in [-0.4, -0.2) is 13.2 Å². The minimum absolute atomic E-state index is 0.160. The van der Waals surface area contributed by atoms with Gasteiger partial charge in [-0.15, -0.1) is 0 Å². The fraction of sp³-hybridized carbons (Fsp3) is 0.364. The second-order valence-corrected chi connectivity index (χ2v) is 3.28. The summed E-state index contributed by atoms with van der Waals surface area (Å²) in [5.41, 5.74) is 0.0201. The minimum atomic E-state index is -3.00. The summed E-state index contributed by atoms with van der Waals surface area (Å²) in [6.07, 6.45) is 1.32. The zero-order valence-corrected chi connectivity index (χ0v) is 8.96. The molecule has 0 aliphatic rings. The molecule has 0 amide bonds. The summed E-state index contributed by atoms with van der Waals surface area (Å²) in [5, 5.41) is 0. The van der Waals surface area contributed by atoms with E-state index in [2.05, 4.69) is 4.99 Å². The smallest absolute Gasteiger partial charge is 0.270 e. The summed E-state index contributed by atoms with van der Waals surface area (Å²) in [5.74, 6) is -2.71. The molecule has 0 saturated heterocycles. The van der Waals surface area contributed by atoms with Crippen LogP contribution in [-0.2, 0) is 17.3 Å². The van der Waals surface area contributed by atoms with E-state index in [0.29, 0.717) is 0 Å². The van der Waals surface area contributed by atoms with Crippen molar-refractivity contribution in [3.8, 4) is 5.75 Å². The lowest BCUT2D eigenvalue weighted by molar-refractivity contribution is 0.0163. The number of alkyl halides is 2. The molecule has 3 nitrogen and oxygen atoms in total. The number of hydrogen-bond donors (Lipinski definition) is 0. The van der Waals surface area contributed by atoms with Crippen molar-refractivity contribution in [3.63, 3.8) is 0 Å². The molecule has 0 radical (unpaired) electrons. The van der Waals surface area contributed by atoms with Crippen molar-refractivity contribution < 1.29 is 18.3 Å². The van der Waals surface area contributed by atoms with Gasteiger partial charge in [-0.25, -0.2) is 18.6 Å². The van der Waals surface area contributed by atoms with Gasteiger partial charge in [0.2, 0.25) is 6.08 Å². The predicted molar refractivity (Wildman–Crippen MR) is 54.4 cm³/mol. The molecule has 0 atom stereocenters. The van der Waals surface area contributed by atoms with Crippen LogP contribution < -0.4 is 4.74 Å². The zero-order chi connectivity index (χ0) is 12.2. The van der Waals surface area contributed by atoms with E-state index in [9.17, 15) is 13.6 Å². The topological polar surface area (TPSA) is 38.7 Å². The maximum atomic E-state index is 13.3. The molecule has 0 N–H and O–H groups in total. The van der Waals surface area contributed by atoms with E-state index in [1.165, 1.54) is 25.3 Å². The fourth-order valence-electron chi connectivity index (χ4n) is 1.44. The van der Waals surface area contributed by atoms with Gasteiger partial charge in [0.1, 0.15) is 5.75 Å². The molecule has 0 fully saturated rings. The molecule has 1 aromatic rings. The van der Waals surface area contributed by atoms with Gasteiger partial charge in [-0.2, -0.15) is 0 Å². The number of hydrogen-bond acceptors (Lipinski definition) is 3. The van der Waals surface area contributed by atoms with E-state index in [-0.39, 0.29) is 23.4 Å². The monoisotopic (exact) mass is 227 g/mol. The molecule has 0 aliphatic carbocycles. The number of ether oxygens (including phenoxy) is 1. The first kappa shape index (κ1) is 12.3. The van der Waals surface area contributed by atoms with Crippen LogP contribution in [0, 0.1) is 0 Å². The van der Waals surface area contributed by atoms with E-state index < -0.39 is 5.92 Å². The molecule has 0 saturated carbocycles. The molecule has 16 heavy (non-hydrogen) atoms. The lowest BCUT2D eigenvalue weighted by Gasteiger charge is -2.16. The minimum Gasteiger partial charge on any atom is -0.496 e. The highest BCUT2D eigenvalue weighted by molar-refractivity contribution is 5.44. The summed E-state index contributed by atoms with van der Waals surface area (Å²) < 4.78 is 31.5. The molecule has 5 heteroatoms. The Hall–Kier alpha value is -1.74. The second kappa shape index (κ2) is 4.86. The normalized spacial score (nSPS) is 10.8. The maximum Gasteiger partial charge on any atom is 0.270 e. The van der Waals surface area contributed by atoms with Crippen LogP contribution in [0.15, 0.2) is 23.2 Å². The molecule has 0 bridgehead atoms. The largest absolute Gasteiger partial charge is 0.496 e. The van der Waals surface area contributed by atoms with E-state index in [4.69, 9.17) is 4.74 Å². The Morgan fingerprint density at radius 3 is 2.69 bits per heavy atom. The van der Waals surface area contributed by atoms with E-state index in [1.54, 1.807) is 6.07 Å². The number of nitrogens with zero attached hydrogens (tertiary/aromatic N) is 1. The molecule has 1 aromatic carbocycles. The van der Waals surface area contributed by atoms with Crippen LogP contribution in [0.5, 0.6) is 5.75 Å². The van der Waals surface area contributed by atoms with E-state index in [0.717, 1.165) is 6.92 Å². The van der Waals surface area contributed by atoms with Crippen LogP contribution in [0.25, 0.3) is 0 Å². The van der Waals surface area contributed by atoms with Gasteiger partial charge in [0.15, 0.2) is 0 Å². The van der Waals surface area contributed by atoms with Crippen molar-refractivity contribution in [2.24, 2.45) is 4.99 Å². The Labute approximate surface area is 91.8 Å². The van der Waals surface area contributed by atoms with Crippen molar-refractivity contribution in [1.29, 1.82) is 0 Å². The standard InChI is InChI=1S/C11H11F2NO2/c1-11(12,13)9-4-3-5-10(16-2)8(9)6-14-7-15/h3-5H,6H2,1-2H3. The number of methoxy groups -OCH3 is 1. The van der Waals surface area contributed by atoms with Crippen LogP contribution >= 0.6 is 0 Å². The maximum absolute atomic E-state index is 13.3. The Kier molecular flexibility index (Phi) is 3.74. The van der Waals surface area contributed by atoms with E-state index in [1.807, 2.05) is 0 Å². The Morgan fingerprint density at radius 1 is 1.50 bits per heavy atom. The first-order valence-corrected chi connectivity index (χ1v) is 4.58. The number of carbonyl (C=O) groups excluding carboxylic acids is 1. The van der Waals surface area contributed by atoms with Crippen LogP contribution in [0.2, 0.25) is 0 Å². The summed E-state index contributed by atoms with van der Waals surface area (Å²) in [6.45, 7) is 0.627. The van der Waals surface area contributed by atoms with Crippen molar-refractivity contribution in [1.82, 2.24) is 0 Å². The number of rotatable bonds is 4. The van der Waals surface area contributed by atoms with Crippen LogP contribution in [0.1, 0.15) is 18.1 Å². The fourth-order valence-corrected chi connectivity index (χ4v) is 1.44. The van der Waals surface area contributed by atoms with Gasteiger partial charge in [0.25, 0.3) is 5.92 Å². The molecule has 0 aliphatic heterocycles. The average molecular weight is 227 g/mol. The molecule has 0 unspecified atom stereocenters. The quantitative estimate of drug-likeness (QED) is 0.585. The molecule has 0 aromatic heterocycles. The second-order valence-electron chi connectivity index (χ2n) is 3.28. The molecule has 1 rings (SSSR count). The average Bonchev–Trinajstić information content (AvgIpc) is 2.24. The lowest BCUT2D eigenvalue weighted by atomic mass is 10.0. The molecular weight excluding hydrogens is 216 g/mol. The Balaban J connectivity index is 3.31. The first-order valence-electron chi connectivity index (χ1n) is 4.58. The third-order valence-electron chi connectivity index (χ3n) is 2.13. The summed E-state index contributed by atoms with van der Waals surface area (Å²) >= 11 is 0. The van der Waals surface area contributed by atoms with E-state index >= 15 is 0 Å². The SMILES string of the molecule is COc1cccc(C(C)(F)F)c1CN=C=O. The molecule has 86 valence electrons. The highest BCUT2D eigenvalue weighted by atomic mass is 19.3. The van der Waals surface area contributed by atoms with Gasteiger partial charge in [-0.1, -0.05) is 12.1 Å². The lowest BCUT2D eigenvalue weighted by Crippen LogP contribution is -2.11. The van der Waals surface area contributed by atoms with Crippen molar-refractivity contribution in [2.45, 2.75) is 19.4 Å². The number of aliphatic imine (C=N–C) groups is 1. The van der Waals surface area contributed by atoms with Gasteiger partial charge < -0.3 is 4.74 Å². The van der Waals surface area contributed by atoms with Crippen LogP contribution in [0.4, 0.5) is 8.78 Å². The third kappa shape index (κ3) is 2.64. The van der Waals surface area contributed by atoms with Crippen LogP contribution in [0.3, 0.4) is 0 Å².